The smallest absolute Gasteiger partial charge is 0.303 e. The van der Waals surface area contributed by atoms with E-state index < -0.39 is 5.97 Å². The van der Waals surface area contributed by atoms with Gasteiger partial charge in [-0.2, -0.15) is 0 Å². The van der Waals surface area contributed by atoms with Gasteiger partial charge in [0.15, 0.2) is 0 Å². The lowest BCUT2D eigenvalue weighted by Gasteiger charge is -2.39. The van der Waals surface area contributed by atoms with Crippen LogP contribution in [-0.4, -0.2) is 28.9 Å². The molecule has 0 unspecified atom stereocenters. The van der Waals surface area contributed by atoms with Gasteiger partial charge in [0.2, 0.25) is 0 Å². The lowest BCUT2D eigenvalue weighted by atomic mass is 9.64. The number of aryl methyl sites for hydroxylation is 1. The molecule has 1 saturated carbocycles. The zero-order valence-electron chi connectivity index (χ0n) is 12.3. The molecule has 1 heterocycles. The fourth-order valence-electron chi connectivity index (χ4n) is 4.08. The van der Waals surface area contributed by atoms with Gasteiger partial charge in [0, 0.05) is 17.4 Å². The molecule has 1 aromatic rings. The van der Waals surface area contributed by atoms with Crippen LogP contribution in [-0.2, 0) is 10.2 Å². The highest BCUT2D eigenvalue weighted by atomic mass is 16.5. The van der Waals surface area contributed by atoms with Crippen molar-refractivity contribution < 1.29 is 19.7 Å². The van der Waals surface area contributed by atoms with Crippen LogP contribution in [0.5, 0.6) is 5.75 Å². The third-order valence-electron chi connectivity index (χ3n) is 5.25. The summed E-state index contributed by atoms with van der Waals surface area (Å²) in [7, 11) is 0. The minimum absolute atomic E-state index is 0.0116. The van der Waals surface area contributed by atoms with Crippen LogP contribution in [0.2, 0.25) is 0 Å². The molecule has 2 N–H and O–H groups in total. The standard InChI is InChI=1S/C17H22O4/c1-11-3-2-4-13-16(11)21-14(10-18)17(13)7-5-12(6-8-17)9-15(19)20/h2-4,12,14,18H,5-10H2,1H3,(H,19,20)/t12?,14-,17?/m0/s1. The zero-order chi connectivity index (χ0) is 15.0. The summed E-state index contributed by atoms with van der Waals surface area (Å²) in [4.78, 5) is 10.9. The molecule has 4 heteroatoms. The van der Waals surface area contributed by atoms with E-state index in [9.17, 15) is 9.90 Å². The Balaban J connectivity index is 1.87. The quantitative estimate of drug-likeness (QED) is 0.898. The number of aliphatic hydroxyl groups is 1. The molecule has 0 bridgehead atoms. The van der Waals surface area contributed by atoms with Gasteiger partial charge in [0.25, 0.3) is 0 Å². The Labute approximate surface area is 124 Å². The van der Waals surface area contributed by atoms with Gasteiger partial charge in [-0.1, -0.05) is 18.2 Å². The molecule has 1 aliphatic carbocycles. The van der Waals surface area contributed by atoms with E-state index in [4.69, 9.17) is 9.84 Å². The number of rotatable bonds is 3. The number of aliphatic carboxylic acids is 1. The van der Waals surface area contributed by atoms with Crippen LogP contribution < -0.4 is 4.74 Å². The average Bonchev–Trinajstić information content (AvgIpc) is 2.77. The highest BCUT2D eigenvalue weighted by Crippen LogP contribution is 2.53. The Morgan fingerprint density at radius 1 is 1.38 bits per heavy atom. The van der Waals surface area contributed by atoms with Gasteiger partial charge in [-0.05, 0) is 44.1 Å². The molecule has 1 atom stereocenters. The van der Waals surface area contributed by atoms with Gasteiger partial charge in [-0.25, -0.2) is 0 Å². The Morgan fingerprint density at radius 3 is 2.71 bits per heavy atom. The van der Waals surface area contributed by atoms with E-state index in [0.717, 1.165) is 37.0 Å². The summed E-state index contributed by atoms with van der Waals surface area (Å²) in [5.41, 5.74) is 2.18. The third kappa shape index (κ3) is 2.31. The molecular formula is C17H22O4. The van der Waals surface area contributed by atoms with Crippen molar-refractivity contribution in [2.24, 2.45) is 5.92 Å². The first-order valence-corrected chi connectivity index (χ1v) is 7.66. The van der Waals surface area contributed by atoms with E-state index in [1.54, 1.807) is 0 Å². The summed E-state index contributed by atoms with van der Waals surface area (Å²) in [5.74, 6) is 0.461. The van der Waals surface area contributed by atoms with Gasteiger partial charge in [-0.15, -0.1) is 0 Å². The average molecular weight is 290 g/mol. The van der Waals surface area contributed by atoms with Gasteiger partial charge in [0.05, 0.1) is 6.61 Å². The summed E-state index contributed by atoms with van der Waals surface area (Å²) in [5, 5.41) is 18.7. The van der Waals surface area contributed by atoms with E-state index in [1.807, 2.05) is 19.1 Å². The summed E-state index contributed by atoms with van der Waals surface area (Å²) >= 11 is 0. The summed E-state index contributed by atoms with van der Waals surface area (Å²) in [6.45, 7) is 2.04. The van der Waals surface area contributed by atoms with Crippen molar-refractivity contribution in [2.75, 3.05) is 6.61 Å². The first-order valence-electron chi connectivity index (χ1n) is 7.66. The van der Waals surface area contributed by atoms with Crippen LogP contribution in [0.3, 0.4) is 0 Å². The molecular weight excluding hydrogens is 268 g/mol. The Kier molecular flexibility index (Phi) is 3.66. The molecule has 1 aromatic carbocycles. The van der Waals surface area contributed by atoms with Gasteiger partial charge in [0.1, 0.15) is 11.9 Å². The van der Waals surface area contributed by atoms with Crippen LogP contribution in [0, 0.1) is 12.8 Å². The van der Waals surface area contributed by atoms with Crippen LogP contribution in [0.15, 0.2) is 18.2 Å². The molecule has 21 heavy (non-hydrogen) atoms. The number of para-hydroxylation sites is 1. The van der Waals surface area contributed by atoms with Crippen molar-refractivity contribution in [2.45, 2.75) is 50.5 Å². The number of carbonyl (C=O) groups is 1. The minimum atomic E-state index is -0.714. The van der Waals surface area contributed by atoms with Gasteiger partial charge >= 0.3 is 5.97 Å². The highest BCUT2D eigenvalue weighted by Gasteiger charge is 2.50. The molecule has 0 radical (unpaired) electrons. The molecule has 1 spiro atoms. The van der Waals surface area contributed by atoms with E-state index in [-0.39, 0.29) is 30.5 Å². The second-order valence-corrected chi connectivity index (χ2v) is 6.44. The number of ether oxygens (including phenoxy) is 1. The van der Waals surface area contributed by atoms with Gasteiger partial charge in [-0.3, -0.25) is 4.79 Å². The molecule has 1 fully saturated rings. The molecule has 2 aliphatic rings. The molecule has 114 valence electrons. The van der Waals surface area contributed by atoms with E-state index in [0.29, 0.717) is 0 Å². The predicted molar refractivity (Wildman–Crippen MR) is 78.6 cm³/mol. The highest BCUT2D eigenvalue weighted by molar-refractivity contribution is 5.67. The molecule has 0 saturated heterocycles. The Morgan fingerprint density at radius 2 is 2.10 bits per heavy atom. The lowest BCUT2D eigenvalue weighted by Crippen LogP contribution is -2.43. The minimum Gasteiger partial charge on any atom is -0.487 e. The summed E-state index contributed by atoms with van der Waals surface area (Å²) in [6.07, 6.45) is 3.62. The number of hydrogen-bond donors (Lipinski definition) is 2. The van der Waals surface area contributed by atoms with Crippen LogP contribution >= 0.6 is 0 Å². The zero-order valence-corrected chi connectivity index (χ0v) is 12.3. The first-order chi connectivity index (χ1) is 10.1. The molecule has 0 aromatic heterocycles. The lowest BCUT2D eigenvalue weighted by molar-refractivity contribution is -0.138. The predicted octanol–water partition coefficient (Wildman–Crippen LogP) is 2.65. The summed E-state index contributed by atoms with van der Waals surface area (Å²) < 4.78 is 6.03. The van der Waals surface area contributed by atoms with E-state index >= 15 is 0 Å². The fourth-order valence-corrected chi connectivity index (χ4v) is 4.08. The SMILES string of the molecule is Cc1cccc2c1O[C@@H](CO)C21CCC(CC(=O)O)CC1. The Bertz CT molecular complexity index is 544. The topological polar surface area (TPSA) is 66.8 Å². The molecule has 3 rings (SSSR count). The van der Waals surface area contributed by atoms with Crippen molar-refractivity contribution in [1.82, 2.24) is 0 Å². The molecule has 1 aliphatic heterocycles. The number of carboxylic acid groups (broad SMARTS) is 1. The number of aliphatic hydroxyl groups excluding tert-OH is 1. The first kappa shape index (κ1) is 14.4. The van der Waals surface area contributed by atoms with Crippen molar-refractivity contribution in [3.63, 3.8) is 0 Å². The summed E-state index contributed by atoms with van der Waals surface area (Å²) in [6, 6.07) is 6.18. The van der Waals surface area contributed by atoms with Crippen molar-refractivity contribution >= 4 is 5.97 Å². The number of benzene rings is 1. The third-order valence-corrected chi connectivity index (χ3v) is 5.25. The maximum Gasteiger partial charge on any atom is 0.303 e. The number of carboxylic acids is 1. The monoisotopic (exact) mass is 290 g/mol. The van der Waals surface area contributed by atoms with Crippen molar-refractivity contribution in [3.8, 4) is 5.75 Å². The maximum atomic E-state index is 10.9. The Hall–Kier alpha value is -1.55. The second kappa shape index (κ2) is 5.34. The molecule has 0 amide bonds. The van der Waals surface area contributed by atoms with Crippen molar-refractivity contribution in [3.05, 3.63) is 29.3 Å². The number of fused-ring (bicyclic) bond motifs is 2. The fraction of sp³-hybridized carbons (Fsp3) is 0.588. The van der Waals surface area contributed by atoms with Crippen LogP contribution in [0.25, 0.3) is 0 Å². The van der Waals surface area contributed by atoms with Crippen LogP contribution in [0.1, 0.15) is 43.2 Å². The normalized spacial score (nSPS) is 31.0. The second-order valence-electron chi connectivity index (χ2n) is 6.44. The maximum absolute atomic E-state index is 10.9. The molecule has 4 nitrogen and oxygen atoms in total. The van der Waals surface area contributed by atoms with E-state index in [1.165, 1.54) is 5.56 Å². The van der Waals surface area contributed by atoms with Gasteiger partial charge < -0.3 is 14.9 Å². The van der Waals surface area contributed by atoms with Crippen LogP contribution in [0.4, 0.5) is 0 Å². The van der Waals surface area contributed by atoms with E-state index in [2.05, 4.69) is 6.07 Å². The van der Waals surface area contributed by atoms with Crippen molar-refractivity contribution in [1.29, 1.82) is 0 Å². The number of hydrogen-bond acceptors (Lipinski definition) is 3. The largest absolute Gasteiger partial charge is 0.487 e.